The maximum atomic E-state index is 12.9. The van der Waals surface area contributed by atoms with Gasteiger partial charge in [-0.2, -0.15) is 0 Å². The van der Waals surface area contributed by atoms with E-state index >= 15 is 0 Å². The second-order valence-corrected chi connectivity index (χ2v) is 6.77. The molecule has 0 bridgehead atoms. The van der Waals surface area contributed by atoms with Crippen LogP contribution in [-0.4, -0.2) is 4.57 Å². The lowest BCUT2D eigenvalue weighted by Crippen LogP contribution is -2.15. The van der Waals surface area contributed by atoms with Gasteiger partial charge in [0.1, 0.15) is 0 Å². The van der Waals surface area contributed by atoms with Gasteiger partial charge in [0, 0.05) is 17.3 Å². The van der Waals surface area contributed by atoms with Gasteiger partial charge in [-0.3, -0.25) is 4.79 Å². The van der Waals surface area contributed by atoms with Gasteiger partial charge in [0.15, 0.2) is 5.43 Å². The van der Waals surface area contributed by atoms with E-state index in [-0.39, 0.29) is 5.43 Å². The number of aromatic nitrogens is 1. The van der Waals surface area contributed by atoms with Crippen LogP contribution in [0.25, 0.3) is 28.2 Å². The van der Waals surface area contributed by atoms with Crippen LogP contribution in [0.2, 0.25) is 0 Å². The van der Waals surface area contributed by atoms with Crippen molar-refractivity contribution in [2.24, 2.45) is 0 Å². The number of benzene rings is 3. The molecule has 0 amide bonds. The van der Waals surface area contributed by atoms with Crippen molar-refractivity contribution in [3.8, 4) is 28.2 Å². The van der Waals surface area contributed by atoms with Gasteiger partial charge in [-0.15, -0.1) is 0 Å². The van der Waals surface area contributed by atoms with Crippen LogP contribution in [0, 0.1) is 13.8 Å². The summed E-state index contributed by atoms with van der Waals surface area (Å²) < 4.78 is 2.20. The Kier molecular flexibility index (Phi) is 4.47. The fourth-order valence-corrected chi connectivity index (χ4v) is 3.51. The third-order valence-corrected chi connectivity index (χ3v) is 4.83. The molecule has 0 unspecified atom stereocenters. The summed E-state index contributed by atoms with van der Waals surface area (Å²) in [6, 6.07) is 30.4. The van der Waals surface area contributed by atoms with Crippen molar-refractivity contribution in [1.29, 1.82) is 0 Å². The zero-order chi connectivity index (χ0) is 18.8. The normalized spacial score (nSPS) is 10.7. The summed E-state index contributed by atoms with van der Waals surface area (Å²) in [7, 11) is 0. The second-order valence-electron chi connectivity index (χ2n) is 6.77. The maximum absolute atomic E-state index is 12.9. The number of hydrogen-bond donors (Lipinski definition) is 0. The van der Waals surface area contributed by atoms with E-state index in [0.29, 0.717) is 0 Å². The van der Waals surface area contributed by atoms with Crippen molar-refractivity contribution in [3.05, 3.63) is 112 Å². The molecule has 0 aliphatic carbocycles. The Balaban J connectivity index is 2.14. The standard InChI is InChI=1S/C25H21NO/c1-18-10-9-13-21(16-18)25-19(2)24(27)17-23(20-11-5-3-6-12-20)26(25)22-14-7-4-8-15-22/h3-17H,1-2H3. The third-order valence-electron chi connectivity index (χ3n) is 4.83. The van der Waals surface area contributed by atoms with E-state index in [1.54, 1.807) is 6.07 Å². The number of nitrogens with zero attached hydrogens (tertiary/aromatic N) is 1. The quantitative estimate of drug-likeness (QED) is 0.458. The first kappa shape index (κ1) is 17.0. The average molecular weight is 351 g/mol. The lowest BCUT2D eigenvalue weighted by atomic mass is 10.0. The molecule has 0 saturated heterocycles. The molecule has 0 aliphatic heterocycles. The molecule has 0 N–H and O–H groups in total. The fourth-order valence-electron chi connectivity index (χ4n) is 3.51. The van der Waals surface area contributed by atoms with Crippen LogP contribution in [0.4, 0.5) is 0 Å². The highest BCUT2D eigenvalue weighted by Gasteiger charge is 2.17. The largest absolute Gasteiger partial charge is 0.309 e. The van der Waals surface area contributed by atoms with Crippen LogP contribution < -0.4 is 5.43 Å². The van der Waals surface area contributed by atoms with Gasteiger partial charge in [-0.05, 0) is 43.2 Å². The van der Waals surface area contributed by atoms with Gasteiger partial charge in [0.25, 0.3) is 0 Å². The van der Waals surface area contributed by atoms with Crippen LogP contribution in [0.3, 0.4) is 0 Å². The van der Waals surface area contributed by atoms with Gasteiger partial charge in [-0.25, -0.2) is 0 Å². The second kappa shape index (κ2) is 7.08. The van der Waals surface area contributed by atoms with Gasteiger partial charge in [0.05, 0.1) is 11.4 Å². The number of hydrogen-bond acceptors (Lipinski definition) is 1. The molecule has 1 aromatic heterocycles. The molecule has 4 aromatic rings. The lowest BCUT2D eigenvalue weighted by molar-refractivity contribution is 1.04. The fraction of sp³-hybridized carbons (Fsp3) is 0.0800. The highest BCUT2D eigenvalue weighted by atomic mass is 16.1. The molecule has 0 atom stereocenters. The van der Waals surface area contributed by atoms with Gasteiger partial charge in [-0.1, -0.05) is 72.3 Å². The summed E-state index contributed by atoms with van der Waals surface area (Å²) in [6.45, 7) is 3.99. The minimum atomic E-state index is 0.0533. The summed E-state index contributed by atoms with van der Waals surface area (Å²) in [5.74, 6) is 0. The smallest absolute Gasteiger partial charge is 0.185 e. The maximum Gasteiger partial charge on any atom is 0.185 e. The van der Waals surface area contributed by atoms with Crippen molar-refractivity contribution in [3.63, 3.8) is 0 Å². The van der Waals surface area contributed by atoms with E-state index in [1.165, 1.54) is 5.56 Å². The van der Waals surface area contributed by atoms with E-state index in [9.17, 15) is 4.79 Å². The molecule has 1 heterocycles. The zero-order valence-electron chi connectivity index (χ0n) is 15.5. The van der Waals surface area contributed by atoms with Crippen LogP contribution >= 0.6 is 0 Å². The molecule has 3 aromatic carbocycles. The highest BCUT2D eigenvalue weighted by molar-refractivity contribution is 5.73. The zero-order valence-corrected chi connectivity index (χ0v) is 15.5. The average Bonchev–Trinajstić information content (AvgIpc) is 2.71. The number of para-hydroxylation sites is 1. The van der Waals surface area contributed by atoms with Gasteiger partial charge in [0.2, 0.25) is 0 Å². The van der Waals surface area contributed by atoms with E-state index in [2.05, 4.69) is 41.8 Å². The first-order valence-corrected chi connectivity index (χ1v) is 9.10. The van der Waals surface area contributed by atoms with Crippen molar-refractivity contribution in [2.45, 2.75) is 13.8 Å². The Hall–Kier alpha value is -3.39. The molecule has 0 radical (unpaired) electrons. The first-order chi connectivity index (χ1) is 13.1. The Labute approximate surface area is 159 Å². The van der Waals surface area contributed by atoms with Crippen LogP contribution in [0.15, 0.2) is 95.8 Å². The molecule has 2 nitrogen and oxygen atoms in total. The molecule has 0 spiro atoms. The summed E-state index contributed by atoms with van der Waals surface area (Å²) in [5, 5.41) is 0. The third kappa shape index (κ3) is 3.22. The molecule has 132 valence electrons. The molecule has 0 aliphatic rings. The monoisotopic (exact) mass is 351 g/mol. The molecular weight excluding hydrogens is 330 g/mol. The van der Waals surface area contributed by atoms with Crippen LogP contribution in [0.5, 0.6) is 0 Å². The Morgan fingerprint density at radius 1 is 0.667 bits per heavy atom. The molecule has 0 saturated carbocycles. The van der Waals surface area contributed by atoms with Crippen molar-refractivity contribution >= 4 is 0 Å². The van der Waals surface area contributed by atoms with Crippen molar-refractivity contribution < 1.29 is 0 Å². The topological polar surface area (TPSA) is 22.0 Å². The van der Waals surface area contributed by atoms with Crippen LogP contribution in [-0.2, 0) is 0 Å². The lowest BCUT2D eigenvalue weighted by Gasteiger charge is -2.21. The summed E-state index contributed by atoms with van der Waals surface area (Å²) in [4.78, 5) is 12.9. The van der Waals surface area contributed by atoms with Crippen LogP contribution in [0.1, 0.15) is 11.1 Å². The summed E-state index contributed by atoms with van der Waals surface area (Å²) in [6.07, 6.45) is 0. The van der Waals surface area contributed by atoms with Gasteiger partial charge >= 0.3 is 0 Å². The van der Waals surface area contributed by atoms with E-state index in [4.69, 9.17) is 0 Å². The summed E-state index contributed by atoms with van der Waals surface area (Å²) >= 11 is 0. The predicted molar refractivity (Wildman–Crippen MR) is 112 cm³/mol. The minimum Gasteiger partial charge on any atom is -0.309 e. The molecule has 4 rings (SSSR count). The Morgan fingerprint density at radius 3 is 1.96 bits per heavy atom. The Morgan fingerprint density at radius 2 is 1.30 bits per heavy atom. The van der Waals surface area contributed by atoms with Gasteiger partial charge < -0.3 is 4.57 Å². The molecule has 2 heteroatoms. The first-order valence-electron chi connectivity index (χ1n) is 9.10. The minimum absolute atomic E-state index is 0.0533. The number of rotatable bonds is 3. The number of aryl methyl sites for hydroxylation is 1. The molecule has 27 heavy (non-hydrogen) atoms. The van der Waals surface area contributed by atoms with Crippen molar-refractivity contribution in [2.75, 3.05) is 0 Å². The van der Waals surface area contributed by atoms with E-state index in [1.807, 2.05) is 61.5 Å². The Bertz CT molecular complexity index is 1140. The number of pyridine rings is 1. The SMILES string of the molecule is Cc1cccc(-c2c(C)c(=O)cc(-c3ccccc3)n2-c2ccccc2)c1. The summed E-state index contributed by atoms with van der Waals surface area (Å²) in [5.41, 5.74) is 6.92. The molecular formula is C25H21NO. The van der Waals surface area contributed by atoms with E-state index in [0.717, 1.165) is 33.8 Å². The highest BCUT2D eigenvalue weighted by Crippen LogP contribution is 2.31. The predicted octanol–water partition coefficient (Wildman–Crippen LogP) is 5.79. The van der Waals surface area contributed by atoms with Crippen molar-refractivity contribution in [1.82, 2.24) is 4.57 Å². The molecule has 0 fully saturated rings. The van der Waals surface area contributed by atoms with E-state index < -0.39 is 0 Å².